The Bertz CT molecular complexity index is 792. The van der Waals surface area contributed by atoms with Crippen molar-refractivity contribution in [2.75, 3.05) is 13.2 Å². The predicted octanol–water partition coefficient (Wildman–Crippen LogP) is 5.21. The third-order valence-corrected chi connectivity index (χ3v) is 5.06. The molecule has 0 saturated carbocycles. The van der Waals surface area contributed by atoms with E-state index in [0.29, 0.717) is 6.61 Å². The van der Waals surface area contributed by atoms with E-state index in [1.54, 1.807) is 0 Å². The highest BCUT2D eigenvalue weighted by Crippen LogP contribution is 2.34. The largest absolute Gasteiger partial charge is 0.492 e. The van der Waals surface area contributed by atoms with Crippen LogP contribution in [0, 0.1) is 0 Å². The van der Waals surface area contributed by atoms with Crippen LogP contribution in [-0.4, -0.2) is 23.1 Å². The first-order valence-corrected chi connectivity index (χ1v) is 10.0. The van der Waals surface area contributed by atoms with Gasteiger partial charge < -0.3 is 15.0 Å². The second kappa shape index (κ2) is 8.83. The zero-order valence-corrected chi connectivity index (χ0v) is 17.3. The Labute approximate surface area is 164 Å². The van der Waals surface area contributed by atoms with Gasteiger partial charge in [-0.2, -0.15) is 0 Å². The Morgan fingerprint density at radius 2 is 1.92 bits per heavy atom. The summed E-state index contributed by atoms with van der Waals surface area (Å²) in [7, 11) is 0. The lowest BCUT2D eigenvalue weighted by molar-refractivity contribution is 0.336. The summed E-state index contributed by atoms with van der Waals surface area (Å²) >= 11 is 7.15. The van der Waals surface area contributed by atoms with Crippen LogP contribution in [0.25, 0.3) is 11.0 Å². The Hall–Kier alpha value is -1.37. The molecule has 1 aromatic heterocycles. The fourth-order valence-corrected chi connectivity index (χ4v) is 4.24. The zero-order chi connectivity index (χ0) is 17.6. The summed E-state index contributed by atoms with van der Waals surface area (Å²) in [6.45, 7) is 4.40. The number of nitrogens with zero attached hydrogens (tertiary/aromatic N) is 1. The number of fused-ring (bicyclic) bond motifs is 1. The number of para-hydroxylation sites is 2. The van der Waals surface area contributed by atoms with Gasteiger partial charge in [0.25, 0.3) is 0 Å². The van der Waals surface area contributed by atoms with Gasteiger partial charge in [-0.3, -0.25) is 0 Å². The van der Waals surface area contributed by atoms with E-state index in [1.165, 1.54) is 5.56 Å². The maximum atomic E-state index is 5.61. The number of hydrogen-bond acceptors (Lipinski definition) is 3. The number of hydrogen-bond donors (Lipinski definition) is 2. The molecule has 2 N–H and O–H groups in total. The van der Waals surface area contributed by atoms with Gasteiger partial charge in [0.05, 0.1) is 26.6 Å². The van der Waals surface area contributed by atoms with Crippen LogP contribution in [0.5, 0.6) is 5.75 Å². The normalized spacial score (nSPS) is 11.2. The summed E-state index contributed by atoms with van der Waals surface area (Å²) in [4.78, 5) is 7.98. The number of halogens is 2. The van der Waals surface area contributed by atoms with Crippen molar-refractivity contribution in [2.45, 2.75) is 26.3 Å². The standard InChI is InChI=1S/C19H21Br2N3O/c1-2-25-19-14(20)10-13(11-15(19)21)12-22-9-5-8-18-23-16-6-3-4-7-17(16)24-18/h3-4,6-7,10-11,22H,2,5,8-9,12H2,1H3,(H,23,24). The second-order valence-corrected chi connectivity index (χ2v) is 7.51. The number of rotatable bonds is 8. The summed E-state index contributed by atoms with van der Waals surface area (Å²) in [6, 6.07) is 12.3. The molecule has 4 nitrogen and oxygen atoms in total. The van der Waals surface area contributed by atoms with Crippen molar-refractivity contribution < 1.29 is 4.74 Å². The van der Waals surface area contributed by atoms with Crippen molar-refractivity contribution in [3.63, 3.8) is 0 Å². The summed E-state index contributed by atoms with van der Waals surface area (Å²) in [5.41, 5.74) is 3.36. The number of H-pyrrole nitrogens is 1. The van der Waals surface area contributed by atoms with Crippen molar-refractivity contribution in [3.05, 3.63) is 56.7 Å². The van der Waals surface area contributed by atoms with E-state index in [9.17, 15) is 0 Å². The van der Waals surface area contributed by atoms with Crippen LogP contribution in [0.15, 0.2) is 45.3 Å². The summed E-state index contributed by atoms with van der Waals surface area (Å²) in [6.07, 6.45) is 1.98. The molecule has 3 aromatic rings. The molecule has 0 fully saturated rings. The number of imidazole rings is 1. The van der Waals surface area contributed by atoms with E-state index in [-0.39, 0.29) is 0 Å². The number of aromatic amines is 1. The smallest absolute Gasteiger partial charge is 0.147 e. The van der Waals surface area contributed by atoms with Gasteiger partial charge >= 0.3 is 0 Å². The molecule has 132 valence electrons. The first kappa shape index (κ1) is 18.4. The van der Waals surface area contributed by atoms with Gasteiger partial charge in [-0.15, -0.1) is 0 Å². The summed E-state index contributed by atoms with van der Waals surface area (Å²) in [5.74, 6) is 1.91. The highest BCUT2D eigenvalue weighted by Gasteiger charge is 2.08. The van der Waals surface area contributed by atoms with Crippen LogP contribution >= 0.6 is 31.9 Å². The van der Waals surface area contributed by atoms with Gasteiger partial charge in [-0.25, -0.2) is 4.98 Å². The van der Waals surface area contributed by atoms with Crippen LogP contribution in [-0.2, 0) is 13.0 Å². The van der Waals surface area contributed by atoms with Crippen LogP contribution < -0.4 is 10.1 Å². The highest BCUT2D eigenvalue weighted by molar-refractivity contribution is 9.11. The van der Waals surface area contributed by atoms with Crippen molar-refractivity contribution in [1.82, 2.24) is 15.3 Å². The quantitative estimate of drug-likeness (QED) is 0.448. The summed E-state index contributed by atoms with van der Waals surface area (Å²) in [5, 5.41) is 3.49. The van der Waals surface area contributed by atoms with Crippen LogP contribution in [0.3, 0.4) is 0 Å². The first-order valence-electron chi connectivity index (χ1n) is 8.42. The van der Waals surface area contributed by atoms with Crippen molar-refractivity contribution in [3.8, 4) is 5.75 Å². The number of benzene rings is 2. The van der Waals surface area contributed by atoms with Crippen molar-refractivity contribution in [2.24, 2.45) is 0 Å². The molecule has 0 unspecified atom stereocenters. The molecule has 0 aliphatic rings. The van der Waals surface area contributed by atoms with E-state index >= 15 is 0 Å². The van der Waals surface area contributed by atoms with Gasteiger partial charge in [-0.05, 0) is 81.6 Å². The number of ether oxygens (including phenoxy) is 1. The van der Waals surface area contributed by atoms with Crippen LogP contribution in [0.4, 0.5) is 0 Å². The number of nitrogens with one attached hydrogen (secondary N) is 2. The van der Waals surface area contributed by atoms with Gasteiger partial charge in [-0.1, -0.05) is 12.1 Å². The fourth-order valence-electron chi connectivity index (χ4n) is 2.73. The van der Waals surface area contributed by atoms with Crippen LogP contribution in [0.2, 0.25) is 0 Å². The molecule has 1 heterocycles. The van der Waals surface area contributed by atoms with Crippen molar-refractivity contribution in [1.29, 1.82) is 0 Å². The minimum atomic E-state index is 0.649. The van der Waals surface area contributed by atoms with Gasteiger partial charge in [0, 0.05) is 13.0 Å². The molecule has 0 spiro atoms. The molecule has 0 aliphatic carbocycles. The molecular formula is C19H21Br2N3O. The Balaban J connectivity index is 1.47. The number of aryl methyl sites for hydroxylation is 1. The molecule has 3 rings (SSSR count). The molecule has 25 heavy (non-hydrogen) atoms. The van der Waals surface area contributed by atoms with Gasteiger partial charge in [0.2, 0.25) is 0 Å². The first-order chi connectivity index (χ1) is 12.2. The third-order valence-electron chi connectivity index (χ3n) is 3.88. The molecular weight excluding hydrogens is 446 g/mol. The Morgan fingerprint density at radius 3 is 2.64 bits per heavy atom. The van der Waals surface area contributed by atoms with Crippen LogP contribution in [0.1, 0.15) is 24.7 Å². The molecule has 0 bridgehead atoms. The SMILES string of the molecule is CCOc1c(Br)cc(CNCCCc2nc3ccccc3[nH]2)cc1Br. The fraction of sp³-hybridized carbons (Fsp3) is 0.316. The van der Waals surface area contributed by atoms with Gasteiger partial charge in [0.1, 0.15) is 11.6 Å². The lowest BCUT2D eigenvalue weighted by Crippen LogP contribution is -2.15. The van der Waals surface area contributed by atoms with E-state index in [1.807, 2.05) is 25.1 Å². The second-order valence-electron chi connectivity index (χ2n) is 5.80. The summed E-state index contributed by atoms with van der Waals surface area (Å²) < 4.78 is 7.56. The molecule has 6 heteroatoms. The predicted molar refractivity (Wildman–Crippen MR) is 109 cm³/mol. The molecule has 0 radical (unpaired) electrons. The average Bonchev–Trinajstić information content (AvgIpc) is 3.00. The average molecular weight is 467 g/mol. The van der Waals surface area contributed by atoms with E-state index < -0.39 is 0 Å². The monoisotopic (exact) mass is 465 g/mol. The molecule has 0 amide bonds. The lowest BCUT2D eigenvalue weighted by Gasteiger charge is -2.11. The molecule has 0 aliphatic heterocycles. The highest BCUT2D eigenvalue weighted by atomic mass is 79.9. The zero-order valence-electron chi connectivity index (χ0n) is 14.1. The molecule has 0 saturated heterocycles. The Morgan fingerprint density at radius 1 is 1.16 bits per heavy atom. The minimum absolute atomic E-state index is 0.649. The van der Waals surface area contributed by atoms with E-state index in [0.717, 1.165) is 57.5 Å². The molecule has 0 atom stereocenters. The third kappa shape index (κ3) is 4.84. The van der Waals surface area contributed by atoms with Crippen molar-refractivity contribution >= 4 is 42.9 Å². The lowest BCUT2D eigenvalue weighted by atomic mass is 10.2. The van der Waals surface area contributed by atoms with E-state index in [4.69, 9.17) is 4.74 Å². The Kier molecular flexibility index (Phi) is 6.51. The number of aromatic nitrogens is 2. The maximum absolute atomic E-state index is 5.61. The molecule has 2 aromatic carbocycles. The topological polar surface area (TPSA) is 49.9 Å². The minimum Gasteiger partial charge on any atom is -0.492 e. The maximum Gasteiger partial charge on any atom is 0.147 e. The van der Waals surface area contributed by atoms with Gasteiger partial charge in [0.15, 0.2) is 0 Å². The van der Waals surface area contributed by atoms with E-state index in [2.05, 4.69) is 65.3 Å².